The summed E-state index contributed by atoms with van der Waals surface area (Å²) in [5.41, 5.74) is 1.28. The van der Waals surface area contributed by atoms with Crippen LogP contribution in [0.3, 0.4) is 0 Å². The van der Waals surface area contributed by atoms with Gasteiger partial charge in [-0.25, -0.2) is 0 Å². The molecular formula is C17H21N3O. The molecule has 4 heteroatoms. The van der Waals surface area contributed by atoms with E-state index >= 15 is 0 Å². The predicted octanol–water partition coefficient (Wildman–Crippen LogP) is 1.36. The molecule has 110 valence electrons. The zero-order valence-corrected chi connectivity index (χ0v) is 12.3. The van der Waals surface area contributed by atoms with Crippen molar-refractivity contribution in [2.75, 3.05) is 26.7 Å². The molecule has 2 aromatic rings. The van der Waals surface area contributed by atoms with Gasteiger partial charge in [0, 0.05) is 33.2 Å². The number of benzene rings is 2. The summed E-state index contributed by atoms with van der Waals surface area (Å²) >= 11 is 0. The number of carbonyl (C=O) groups is 1. The Hall–Kier alpha value is -1.91. The second-order valence-electron chi connectivity index (χ2n) is 5.44. The zero-order chi connectivity index (χ0) is 14.7. The Balaban J connectivity index is 1.88. The van der Waals surface area contributed by atoms with Crippen LogP contribution in [-0.2, 0) is 11.3 Å². The number of fused-ring (bicyclic) bond motifs is 1. The molecule has 2 N–H and O–H groups in total. The van der Waals surface area contributed by atoms with Crippen LogP contribution in [0.1, 0.15) is 5.56 Å². The van der Waals surface area contributed by atoms with Crippen LogP contribution in [0.15, 0.2) is 42.5 Å². The molecule has 1 saturated heterocycles. The number of nitrogens with zero attached hydrogens (tertiary/aromatic N) is 1. The van der Waals surface area contributed by atoms with Gasteiger partial charge in [-0.3, -0.25) is 9.69 Å². The zero-order valence-electron chi connectivity index (χ0n) is 12.3. The van der Waals surface area contributed by atoms with E-state index in [1.165, 1.54) is 16.3 Å². The Kier molecular flexibility index (Phi) is 4.18. The van der Waals surface area contributed by atoms with Gasteiger partial charge in [0.05, 0.1) is 0 Å². The van der Waals surface area contributed by atoms with E-state index in [1.807, 2.05) is 0 Å². The first-order valence-corrected chi connectivity index (χ1v) is 7.42. The average molecular weight is 283 g/mol. The van der Waals surface area contributed by atoms with E-state index in [4.69, 9.17) is 0 Å². The van der Waals surface area contributed by atoms with Gasteiger partial charge < -0.3 is 10.6 Å². The third kappa shape index (κ3) is 2.91. The van der Waals surface area contributed by atoms with Gasteiger partial charge >= 0.3 is 0 Å². The first kappa shape index (κ1) is 14.0. The van der Waals surface area contributed by atoms with Gasteiger partial charge in [-0.1, -0.05) is 42.5 Å². The first-order valence-electron chi connectivity index (χ1n) is 7.42. The van der Waals surface area contributed by atoms with Crippen LogP contribution in [0.4, 0.5) is 0 Å². The van der Waals surface area contributed by atoms with Crippen LogP contribution >= 0.6 is 0 Å². The van der Waals surface area contributed by atoms with Gasteiger partial charge in [0.15, 0.2) is 0 Å². The summed E-state index contributed by atoms with van der Waals surface area (Å²) in [4.78, 5) is 14.3. The molecular weight excluding hydrogens is 262 g/mol. The molecule has 1 fully saturated rings. The van der Waals surface area contributed by atoms with Crippen LogP contribution in [0.5, 0.6) is 0 Å². The normalized spacial score (nSPS) is 19.6. The van der Waals surface area contributed by atoms with Crippen molar-refractivity contribution in [2.24, 2.45) is 0 Å². The Morgan fingerprint density at radius 2 is 2.10 bits per heavy atom. The number of likely N-dealkylation sites (N-methyl/N-ethyl adjacent to an activating group) is 1. The Bertz CT molecular complexity index is 635. The maximum Gasteiger partial charge on any atom is 0.238 e. The smallest absolute Gasteiger partial charge is 0.238 e. The summed E-state index contributed by atoms with van der Waals surface area (Å²) in [7, 11) is 1.70. The highest BCUT2D eigenvalue weighted by molar-refractivity contribution is 5.86. The molecule has 1 unspecified atom stereocenters. The van der Waals surface area contributed by atoms with Gasteiger partial charge in [0.1, 0.15) is 6.04 Å². The summed E-state index contributed by atoms with van der Waals surface area (Å²) in [6.07, 6.45) is 0. The van der Waals surface area contributed by atoms with Crippen molar-refractivity contribution in [1.82, 2.24) is 15.5 Å². The van der Waals surface area contributed by atoms with Gasteiger partial charge in [0.25, 0.3) is 0 Å². The van der Waals surface area contributed by atoms with Gasteiger partial charge in [-0.2, -0.15) is 0 Å². The number of rotatable bonds is 3. The van der Waals surface area contributed by atoms with E-state index in [-0.39, 0.29) is 11.9 Å². The van der Waals surface area contributed by atoms with Crippen molar-refractivity contribution in [3.8, 4) is 0 Å². The molecule has 1 atom stereocenters. The minimum Gasteiger partial charge on any atom is -0.358 e. The first-order chi connectivity index (χ1) is 10.3. The largest absolute Gasteiger partial charge is 0.358 e. The van der Waals surface area contributed by atoms with Crippen LogP contribution in [0, 0.1) is 0 Å². The van der Waals surface area contributed by atoms with Crippen molar-refractivity contribution in [2.45, 2.75) is 12.6 Å². The highest BCUT2D eigenvalue weighted by Gasteiger charge is 2.27. The van der Waals surface area contributed by atoms with E-state index in [2.05, 4.69) is 58.0 Å². The standard InChI is InChI=1S/C17H21N3O/c1-18-17(21)16-11-19-9-10-20(16)12-14-7-4-6-13-5-2-3-8-15(13)14/h2-8,16,19H,9-12H2,1H3,(H,18,21). The predicted molar refractivity (Wildman–Crippen MR) is 85.1 cm³/mol. The summed E-state index contributed by atoms with van der Waals surface area (Å²) in [6.45, 7) is 3.34. The lowest BCUT2D eigenvalue weighted by Gasteiger charge is -2.35. The fourth-order valence-electron chi connectivity index (χ4n) is 3.01. The van der Waals surface area contributed by atoms with Crippen molar-refractivity contribution in [3.05, 3.63) is 48.0 Å². The number of carbonyl (C=O) groups excluding carboxylic acids is 1. The van der Waals surface area contributed by atoms with Gasteiger partial charge in [-0.15, -0.1) is 0 Å². The number of piperazine rings is 1. The molecule has 4 nitrogen and oxygen atoms in total. The molecule has 3 rings (SSSR count). The van der Waals surface area contributed by atoms with Crippen molar-refractivity contribution in [3.63, 3.8) is 0 Å². The number of amides is 1. The summed E-state index contributed by atoms with van der Waals surface area (Å²) in [5, 5.41) is 8.59. The summed E-state index contributed by atoms with van der Waals surface area (Å²) in [5.74, 6) is 0.0856. The maximum absolute atomic E-state index is 12.0. The third-order valence-corrected chi connectivity index (χ3v) is 4.16. The van der Waals surface area contributed by atoms with Crippen LogP contribution in [0.25, 0.3) is 10.8 Å². The Morgan fingerprint density at radius 3 is 2.95 bits per heavy atom. The Labute approximate surface area is 125 Å². The lowest BCUT2D eigenvalue weighted by molar-refractivity contribution is -0.126. The fraction of sp³-hybridized carbons (Fsp3) is 0.353. The highest BCUT2D eigenvalue weighted by atomic mass is 16.2. The lowest BCUT2D eigenvalue weighted by Crippen LogP contribution is -2.56. The quantitative estimate of drug-likeness (QED) is 0.894. The molecule has 0 saturated carbocycles. The van der Waals surface area contributed by atoms with Crippen LogP contribution in [0.2, 0.25) is 0 Å². The van der Waals surface area contributed by atoms with E-state index < -0.39 is 0 Å². The van der Waals surface area contributed by atoms with Gasteiger partial charge in [-0.05, 0) is 16.3 Å². The Morgan fingerprint density at radius 1 is 1.29 bits per heavy atom. The summed E-state index contributed by atoms with van der Waals surface area (Å²) < 4.78 is 0. The van der Waals surface area contributed by atoms with Crippen molar-refractivity contribution >= 4 is 16.7 Å². The highest BCUT2D eigenvalue weighted by Crippen LogP contribution is 2.21. The molecule has 0 bridgehead atoms. The minimum absolute atomic E-state index is 0.0856. The number of nitrogens with one attached hydrogen (secondary N) is 2. The second-order valence-corrected chi connectivity index (χ2v) is 5.44. The molecule has 1 heterocycles. The van der Waals surface area contributed by atoms with E-state index in [0.29, 0.717) is 6.54 Å². The van der Waals surface area contributed by atoms with E-state index in [9.17, 15) is 4.79 Å². The molecule has 1 aliphatic heterocycles. The maximum atomic E-state index is 12.0. The topological polar surface area (TPSA) is 44.4 Å². The molecule has 2 aromatic carbocycles. The molecule has 0 spiro atoms. The monoisotopic (exact) mass is 283 g/mol. The van der Waals surface area contributed by atoms with Crippen LogP contribution in [-0.4, -0.2) is 43.5 Å². The van der Waals surface area contributed by atoms with E-state index in [0.717, 1.165) is 19.6 Å². The second kappa shape index (κ2) is 6.24. The molecule has 21 heavy (non-hydrogen) atoms. The molecule has 1 amide bonds. The molecule has 0 aliphatic carbocycles. The van der Waals surface area contributed by atoms with Crippen molar-refractivity contribution < 1.29 is 4.79 Å². The fourth-order valence-corrected chi connectivity index (χ4v) is 3.01. The van der Waals surface area contributed by atoms with Gasteiger partial charge in [0.2, 0.25) is 5.91 Å². The summed E-state index contributed by atoms with van der Waals surface area (Å²) in [6, 6.07) is 14.7. The van der Waals surface area contributed by atoms with Crippen molar-refractivity contribution in [1.29, 1.82) is 0 Å². The molecule has 0 radical (unpaired) electrons. The average Bonchev–Trinajstić information content (AvgIpc) is 2.55. The number of hydrogen-bond donors (Lipinski definition) is 2. The molecule has 1 aliphatic rings. The third-order valence-electron chi connectivity index (χ3n) is 4.16. The number of hydrogen-bond acceptors (Lipinski definition) is 3. The lowest BCUT2D eigenvalue weighted by atomic mass is 10.0. The van der Waals surface area contributed by atoms with E-state index in [1.54, 1.807) is 7.05 Å². The SMILES string of the molecule is CNC(=O)C1CNCCN1Cc1cccc2ccccc12. The van der Waals surface area contributed by atoms with Crippen LogP contribution < -0.4 is 10.6 Å². The molecule has 0 aromatic heterocycles. The minimum atomic E-state index is -0.0947.